The normalized spacial score (nSPS) is 27.3. The fourth-order valence-corrected chi connectivity index (χ4v) is 3.24. The summed E-state index contributed by atoms with van der Waals surface area (Å²) >= 11 is 0. The molecular weight excluding hydrogens is 251 g/mol. The zero-order valence-electron chi connectivity index (χ0n) is 10.8. The average Bonchev–Trinajstić information content (AvgIpc) is 3.20. The quantitative estimate of drug-likeness (QED) is 0.797. The van der Waals surface area contributed by atoms with Gasteiger partial charge in [0.2, 0.25) is 0 Å². The standard InChI is InChI=1S/C15H18F3N/c16-11-7-13(17)15(18)14(8-11)19-12-3-1-2-10(6-12)9-4-5-9/h7-10,12,19H,1-6H2. The van der Waals surface area contributed by atoms with Gasteiger partial charge >= 0.3 is 0 Å². The molecule has 2 fully saturated rings. The number of halogens is 3. The maximum Gasteiger partial charge on any atom is 0.182 e. The van der Waals surface area contributed by atoms with Crippen LogP contribution in [-0.4, -0.2) is 6.04 Å². The first-order chi connectivity index (χ1) is 9.13. The van der Waals surface area contributed by atoms with Crippen molar-refractivity contribution in [3.63, 3.8) is 0 Å². The lowest BCUT2D eigenvalue weighted by Crippen LogP contribution is -2.28. The zero-order valence-corrected chi connectivity index (χ0v) is 10.8. The van der Waals surface area contributed by atoms with Crippen molar-refractivity contribution in [2.45, 2.75) is 44.6 Å². The van der Waals surface area contributed by atoms with Crippen LogP contribution < -0.4 is 5.32 Å². The van der Waals surface area contributed by atoms with Gasteiger partial charge in [0, 0.05) is 18.2 Å². The van der Waals surface area contributed by atoms with Crippen LogP contribution in [0.4, 0.5) is 18.9 Å². The van der Waals surface area contributed by atoms with Crippen molar-refractivity contribution in [3.05, 3.63) is 29.6 Å². The second kappa shape index (κ2) is 5.06. The molecule has 0 aromatic heterocycles. The van der Waals surface area contributed by atoms with Crippen LogP contribution in [0.2, 0.25) is 0 Å². The fourth-order valence-electron chi connectivity index (χ4n) is 3.24. The summed E-state index contributed by atoms with van der Waals surface area (Å²) in [4.78, 5) is 0. The van der Waals surface area contributed by atoms with Crippen molar-refractivity contribution >= 4 is 5.69 Å². The Bertz CT molecular complexity index is 471. The van der Waals surface area contributed by atoms with Gasteiger partial charge < -0.3 is 5.32 Å². The molecule has 0 amide bonds. The minimum absolute atomic E-state index is 0.0426. The molecule has 1 aromatic rings. The molecule has 1 aromatic carbocycles. The Balaban J connectivity index is 1.70. The summed E-state index contributed by atoms with van der Waals surface area (Å²) in [5, 5.41) is 2.99. The molecule has 2 atom stereocenters. The lowest BCUT2D eigenvalue weighted by molar-refractivity contribution is 0.302. The molecule has 104 valence electrons. The molecule has 4 heteroatoms. The number of rotatable bonds is 3. The van der Waals surface area contributed by atoms with Gasteiger partial charge in [-0.05, 0) is 37.5 Å². The van der Waals surface area contributed by atoms with Gasteiger partial charge in [-0.15, -0.1) is 0 Å². The maximum absolute atomic E-state index is 13.6. The SMILES string of the molecule is Fc1cc(F)c(F)c(NC2CCCC(C3CC3)C2)c1. The Morgan fingerprint density at radius 2 is 1.74 bits per heavy atom. The van der Waals surface area contributed by atoms with Crippen molar-refractivity contribution in [1.29, 1.82) is 0 Å². The predicted octanol–water partition coefficient (Wildman–Crippen LogP) is 4.48. The summed E-state index contributed by atoms with van der Waals surface area (Å²) in [7, 11) is 0. The first-order valence-electron chi connectivity index (χ1n) is 7.04. The molecule has 2 unspecified atom stereocenters. The van der Waals surface area contributed by atoms with E-state index in [1.807, 2.05) is 0 Å². The highest BCUT2D eigenvalue weighted by atomic mass is 19.2. The topological polar surface area (TPSA) is 12.0 Å². The number of anilines is 1. The van der Waals surface area contributed by atoms with E-state index in [0.29, 0.717) is 12.0 Å². The lowest BCUT2D eigenvalue weighted by Gasteiger charge is -2.30. The fraction of sp³-hybridized carbons (Fsp3) is 0.600. The zero-order chi connectivity index (χ0) is 13.4. The molecule has 0 radical (unpaired) electrons. The Morgan fingerprint density at radius 3 is 2.47 bits per heavy atom. The van der Waals surface area contributed by atoms with E-state index in [1.54, 1.807) is 0 Å². The molecule has 2 aliphatic carbocycles. The van der Waals surface area contributed by atoms with Crippen LogP contribution in [0.1, 0.15) is 38.5 Å². The molecule has 2 aliphatic rings. The van der Waals surface area contributed by atoms with Gasteiger partial charge in [0.05, 0.1) is 5.69 Å². The van der Waals surface area contributed by atoms with Gasteiger partial charge in [0.25, 0.3) is 0 Å². The second-order valence-electron chi connectivity index (χ2n) is 5.85. The lowest BCUT2D eigenvalue weighted by atomic mass is 9.82. The van der Waals surface area contributed by atoms with Gasteiger partial charge in [-0.25, -0.2) is 13.2 Å². The smallest absolute Gasteiger partial charge is 0.182 e. The van der Waals surface area contributed by atoms with Crippen molar-refractivity contribution in [1.82, 2.24) is 0 Å². The Morgan fingerprint density at radius 1 is 0.947 bits per heavy atom. The van der Waals surface area contributed by atoms with E-state index < -0.39 is 17.5 Å². The van der Waals surface area contributed by atoms with Crippen LogP contribution in [0.5, 0.6) is 0 Å². The molecule has 1 N–H and O–H groups in total. The Kier molecular flexibility index (Phi) is 3.42. The summed E-state index contributed by atoms with van der Waals surface area (Å²) in [6.07, 6.45) is 6.89. The van der Waals surface area contributed by atoms with E-state index >= 15 is 0 Å². The summed E-state index contributed by atoms with van der Waals surface area (Å²) in [5.41, 5.74) is -0.0426. The number of benzene rings is 1. The van der Waals surface area contributed by atoms with Crippen LogP contribution in [0.15, 0.2) is 12.1 Å². The van der Waals surface area contributed by atoms with Crippen LogP contribution in [0.3, 0.4) is 0 Å². The number of hydrogen-bond acceptors (Lipinski definition) is 1. The minimum atomic E-state index is -1.13. The third-order valence-corrected chi connectivity index (χ3v) is 4.36. The first-order valence-corrected chi connectivity index (χ1v) is 7.04. The highest BCUT2D eigenvalue weighted by Gasteiger charge is 2.34. The van der Waals surface area contributed by atoms with Crippen molar-refractivity contribution in [2.75, 3.05) is 5.32 Å². The first kappa shape index (κ1) is 12.8. The molecule has 0 heterocycles. The van der Waals surface area contributed by atoms with Crippen LogP contribution >= 0.6 is 0 Å². The maximum atomic E-state index is 13.6. The molecular formula is C15H18F3N. The van der Waals surface area contributed by atoms with Gasteiger partial charge in [0.15, 0.2) is 11.6 Å². The molecule has 0 bridgehead atoms. The second-order valence-corrected chi connectivity index (χ2v) is 5.85. The van der Waals surface area contributed by atoms with E-state index in [-0.39, 0.29) is 11.7 Å². The average molecular weight is 269 g/mol. The molecule has 19 heavy (non-hydrogen) atoms. The van der Waals surface area contributed by atoms with E-state index in [4.69, 9.17) is 0 Å². The van der Waals surface area contributed by atoms with Gasteiger partial charge in [-0.1, -0.05) is 12.8 Å². The Labute approximate surface area is 111 Å². The van der Waals surface area contributed by atoms with Crippen LogP contribution in [0.25, 0.3) is 0 Å². The van der Waals surface area contributed by atoms with Gasteiger partial charge in [0.1, 0.15) is 5.82 Å². The van der Waals surface area contributed by atoms with E-state index in [1.165, 1.54) is 19.3 Å². The monoisotopic (exact) mass is 269 g/mol. The van der Waals surface area contributed by atoms with E-state index in [0.717, 1.165) is 31.2 Å². The van der Waals surface area contributed by atoms with Crippen molar-refractivity contribution in [2.24, 2.45) is 11.8 Å². The number of hydrogen-bond donors (Lipinski definition) is 1. The Hall–Kier alpha value is -1.19. The van der Waals surface area contributed by atoms with Crippen LogP contribution in [0, 0.1) is 29.3 Å². The van der Waals surface area contributed by atoms with Crippen LogP contribution in [-0.2, 0) is 0 Å². The van der Waals surface area contributed by atoms with Crippen molar-refractivity contribution in [3.8, 4) is 0 Å². The third-order valence-electron chi connectivity index (χ3n) is 4.36. The van der Waals surface area contributed by atoms with E-state index in [9.17, 15) is 13.2 Å². The van der Waals surface area contributed by atoms with Gasteiger partial charge in [-0.3, -0.25) is 0 Å². The summed E-state index contributed by atoms with van der Waals surface area (Å²) < 4.78 is 39.9. The number of nitrogens with one attached hydrogen (secondary N) is 1. The summed E-state index contributed by atoms with van der Waals surface area (Å²) in [6.45, 7) is 0. The molecule has 2 saturated carbocycles. The van der Waals surface area contributed by atoms with Gasteiger partial charge in [-0.2, -0.15) is 0 Å². The molecule has 0 saturated heterocycles. The molecule has 1 nitrogen and oxygen atoms in total. The molecule has 0 spiro atoms. The third kappa shape index (κ3) is 2.88. The highest BCUT2D eigenvalue weighted by molar-refractivity contribution is 5.46. The predicted molar refractivity (Wildman–Crippen MR) is 68.4 cm³/mol. The largest absolute Gasteiger partial charge is 0.380 e. The van der Waals surface area contributed by atoms with Crippen molar-refractivity contribution < 1.29 is 13.2 Å². The molecule has 3 rings (SSSR count). The highest BCUT2D eigenvalue weighted by Crippen LogP contribution is 2.44. The summed E-state index contributed by atoms with van der Waals surface area (Å²) in [5.74, 6) is -1.31. The van der Waals surface area contributed by atoms with E-state index in [2.05, 4.69) is 5.32 Å². The summed E-state index contributed by atoms with van der Waals surface area (Å²) in [6, 6.07) is 1.75. The minimum Gasteiger partial charge on any atom is -0.380 e. The molecule has 0 aliphatic heterocycles.